The van der Waals surface area contributed by atoms with Crippen LogP contribution in [0, 0.1) is 5.82 Å². The Kier molecular flexibility index (Phi) is 5.91. The van der Waals surface area contributed by atoms with E-state index in [0.717, 1.165) is 11.4 Å². The standard InChI is InChI=1S/C17H21FN4O/c1-3-10-22(17(23)19-4-2)13-16-20-9-11-21(16)12-14-5-7-15(18)8-6-14/h3,5-9,11H,1,4,10,12-13H2,2H3,(H,19,23). The maximum Gasteiger partial charge on any atom is 0.318 e. The van der Waals surface area contributed by atoms with E-state index in [1.54, 1.807) is 29.3 Å². The minimum absolute atomic E-state index is 0.149. The van der Waals surface area contributed by atoms with Crippen LogP contribution >= 0.6 is 0 Å². The minimum atomic E-state index is -0.256. The number of benzene rings is 1. The molecule has 23 heavy (non-hydrogen) atoms. The summed E-state index contributed by atoms with van der Waals surface area (Å²) >= 11 is 0. The fraction of sp³-hybridized carbons (Fsp3) is 0.294. The van der Waals surface area contributed by atoms with Crippen LogP contribution in [0.5, 0.6) is 0 Å². The first kappa shape index (κ1) is 16.7. The van der Waals surface area contributed by atoms with Crippen molar-refractivity contribution in [2.75, 3.05) is 13.1 Å². The summed E-state index contributed by atoms with van der Waals surface area (Å²) in [6.07, 6.45) is 5.23. The number of nitrogens with zero attached hydrogens (tertiary/aromatic N) is 3. The Hall–Kier alpha value is -2.63. The van der Waals surface area contributed by atoms with Gasteiger partial charge < -0.3 is 14.8 Å². The van der Waals surface area contributed by atoms with Crippen molar-refractivity contribution in [1.29, 1.82) is 0 Å². The number of carbonyl (C=O) groups is 1. The summed E-state index contributed by atoms with van der Waals surface area (Å²) in [5.74, 6) is 0.510. The first-order valence-corrected chi connectivity index (χ1v) is 7.52. The SMILES string of the molecule is C=CCN(Cc1nccn1Cc1ccc(F)cc1)C(=O)NCC. The second-order valence-corrected chi connectivity index (χ2v) is 5.10. The third-order valence-electron chi connectivity index (χ3n) is 3.36. The highest BCUT2D eigenvalue weighted by molar-refractivity contribution is 5.74. The first-order valence-electron chi connectivity index (χ1n) is 7.52. The van der Waals surface area contributed by atoms with E-state index < -0.39 is 0 Å². The summed E-state index contributed by atoms with van der Waals surface area (Å²) in [6.45, 7) is 7.52. The molecule has 122 valence electrons. The van der Waals surface area contributed by atoms with Crippen LogP contribution in [-0.4, -0.2) is 33.6 Å². The molecule has 6 heteroatoms. The molecule has 0 fully saturated rings. The summed E-state index contributed by atoms with van der Waals surface area (Å²) in [5, 5.41) is 2.78. The summed E-state index contributed by atoms with van der Waals surface area (Å²) in [5.41, 5.74) is 0.971. The number of imidazole rings is 1. The normalized spacial score (nSPS) is 10.3. The Morgan fingerprint density at radius 1 is 1.43 bits per heavy atom. The molecule has 0 unspecified atom stereocenters. The lowest BCUT2D eigenvalue weighted by molar-refractivity contribution is 0.199. The van der Waals surface area contributed by atoms with Gasteiger partial charge in [0.2, 0.25) is 0 Å². The third-order valence-corrected chi connectivity index (χ3v) is 3.36. The molecule has 0 aliphatic carbocycles. The fourth-order valence-electron chi connectivity index (χ4n) is 2.23. The molecule has 1 aromatic heterocycles. The molecule has 0 saturated carbocycles. The average Bonchev–Trinajstić information content (AvgIpc) is 2.96. The number of amides is 2. The highest BCUT2D eigenvalue weighted by Gasteiger charge is 2.14. The van der Waals surface area contributed by atoms with Crippen LogP contribution in [0.4, 0.5) is 9.18 Å². The van der Waals surface area contributed by atoms with Gasteiger partial charge in [-0.1, -0.05) is 18.2 Å². The number of halogens is 1. The van der Waals surface area contributed by atoms with Crippen molar-refractivity contribution < 1.29 is 9.18 Å². The Bertz CT molecular complexity index is 651. The van der Waals surface area contributed by atoms with Crippen molar-refractivity contribution in [3.05, 3.63) is 66.5 Å². The second-order valence-electron chi connectivity index (χ2n) is 5.10. The van der Waals surface area contributed by atoms with E-state index >= 15 is 0 Å². The molecule has 1 heterocycles. The van der Waals surface area contributed by atoms with Crippen molar-refractivity contribution in [2.45, 2.75) is 20.0 Å². The van der Waals surface area contributed by atoms with Crippen LogP contribution in [0.15, 0.2) is 49.3 Å². The zero-order valence-electron chi connectivity index (χ0n) is 13.2. The molecular weight excluding hydrogens is 295 g/mol. The van der Waals surface area contributed by atoms with Gasteiger partial charge in [0, 0.05) is 32.0 Å². The van der Waals surface area contributed by atoms with Crippen molar-refractivity contribution in [1.82, 2.24) is 19.8 Å². The minimum Gasteiger partial charge on any atom is -0.338 e. The van der Waals surface area contributed by atoms with E-state index in [1.807, 2.05) is 17.7 Å². The predicted molar refractivity (Wildman–Crippen MR) is 87.4 cm³/mol. The van der Waals surface area contributed by atoms with Gasteiger partial charge in [0.15, 0.2) is 0 Å². The number of hydrogen-bond donors (Lipinski definition) is 1. The molecule has 0 bridgehead atoms. The van der Waals surface area contributed by atoms with Crippen molar-refractivity contribution in [3.63, 3.8) is 0 Å². The largest absolute Gasteiger partial charge is 0.338 e. The van der Waals surface area contributed by atoms with Gasteiger partial charge in [-0.25, -0.2) is 14.2 Å². The smallest absolute Gasteiger partial charge is 0.318 e. The Labute approximate surface area is 135 Å². The molecule has 0 aliphatic heterocycles. The first-order chi connectivity index (χ1) is 11.1. The van der Waals surface area contributed by atoms with Gasteiger partial charge in [-0.05, 0) is 24.6 Å². The lowest BCUT2D eigenvalue weighted by Gasteiger charge is -2.21. The fourth-order valence-corrected chi connectivity index (χ4v) is 2.23. The summed E-state index contributed by atoms with van der Waals surface area (Å²) in [7, 11) is 0. The lowest BCUT2D eigenvalue weighted by Crippen LogP contribution is -2.40. The van der Waals surface area contributed by atoms with Gasteiger partial charge in [-0.3, -0.25) is 0 Å². The van der Waals surface area contributed by atoms with Crippen LogP contribution in [-0.2, 0) is 13.1 Å². The molecule has 0 radical (unpaired) electrons. The van der Waals surface area contributed by atoms with E-state index in [4.69, 9.17) is 0 Å². The van der Waals surface area contributed by atoms with Gasteiger partial charge in [0.1, 0.15) is 11.6 Å². The molecule has 2 aromatic rings. The van der Waals surface area contributed by atoms with Crippen LogP contribution in [0.1, 0.15) is 18.3 Å². The maximum absolute atomic E-state index is 13.0. The molecule has 0 aliphatic rings. The quantitative estimate of drug-likeness (QED) is 0.799. The lowest BCUT2D eigenvalue weighted by atomic mass is 10.2. The monoisotopic (exact) mass is 316 g/mol. The third kappa shape index (κ3) is 4.67. The topological polar surface area (TPSA) is 50.2 Å². The average molecular weight is 316 g/mol. The Morgan fingerprint density at radius 2 is 2.17 bits per heavy atom. The molecule has 0 atom stereocenters. The molecule has 1 N–H and O–H groups in total. The molecule has 5 nitrogen and oxygen atoms in total. The van der Waals surface area contributed by atoms with Gasteiger partial charge in [-0.15, -0.1) is 6.58 Å². The number of rotatable bonds is 7. The molecule has 0 spiro atoms. The van der Waals surface area contributed by atoms with Gasteiger partial charge in [0.05, 0.1) is 6.54 Å². The van der Waals surface area contributed by atoms with E-state index in [9.17, 15) is 9.18 Å². The van der Waals surface area contributed by atoms with Crippen LogP contribution < -0.4 is 5.32 Å². The number of hydrogen-bond acceptors (Lipinski definition) is 2. The molecule has 0 saturated heterocycles. The van der Waals surface area contributed by atoms with Crippen LogP contribution in [0.2, 0.25) is 0 Å². The van der Waals surface area contributed by atoms with E-state index in [1.165, 1.54) is 12.1 Å². The van der Waals surface area contributed by atoms with Crippen molar-refractivity contribution in [3.8, 4) is 0 Å². The van der Waals surface area contributed by atoms with Crippen LogP contribution in [0.3, 0.4) is 0 Å². The van der Waals surface area contributed by atoms with E-state index in [2.05, 4.69) is 16.9 Å². The van der Waals surface area contributed by atoms with Gasteiger partial charge in [0.25, 0.3) is 0 Å². The summed E-state index contributed by atoms with van der Waals surface area (Å²) in [6, 6.07) is 6.20. The second kappa shape index (κ2) is 8.12. The van der Waals surface area contributed by atoms with E-state index in [-0.39, 0.29) is 11.8 Å². The predicted octanol–water partition coefficient (Wildman–Crippen LogP) is 2.79. The molecular formula is C17H21FN4O. The molecule has 2 rings (SSSR count). The van der Waals surface area contributed by atoms with Crippen molar-refractivity contribution in [2.24, 2.45) is 0 Å². The summed E-state index contributed by atoms with van der Waals surface area (Å²) < 4.78 is 14.9. The zero-order chi connectivity index (χ0) is 16.7. The van der Waals surface area contributed by atoms with Crippen LogP contribution in [0.25, 0.3) is 0 Å². The number of aromatic nitrogens is 2. The van der Waals surface area contributed by atoms with Crippen molar-refractivity contribution >= 4 is 6.03 Å². The highest BCUT2D eigenvalue weighted by atomic mass is 19.1. The highest BCUT2D eigenvalue weighted by Crippen LogP contribution is 2.09. The number of nitrogens with one attached hydrogen (secondary N) is 1. The summed E-state index contributed by atoms with van der Waals surface area (Å²) in [4.78, 5) is 18.0. The molecule has 2 amide bonds. The maximum atomic E-state index is 13.0. The Morgan fingerprint density at radius 3 is 2.83 bits per heavy atom. The Balaban J connectivity index is 2.10. The zero-order valence-corrected chi connectivity index (χ0v) is 13.2. The molecule has 1 aromatic carbocycles. The van der Waals surface area contributed by atoms with Gasteiger partial charge in [-0.2, -0.15) is 0 Å². The number of carbonyl (C=O) groups excluding carboxylic acids is 1. The van der Waals surface area contributed by atoms with E-state index in [0.29, 0.717) is 26.2 Å². The number of urea groups is 1. The van der Waals surface area contributed by atoms with Gasteiger partial charge >= 0.3 is 6.03 Å².